The van der Waals surface area contributed by atoms with Crippen molar-refractivity contribution in [2.24, 2.45) is 0 Å². The quantitative estimate of drug-likeness (QED) is 0.404. The number of nitrogens with zero attached hydrogens (tertiary/aromatic N) is 4. The molecule has 5 rings (SSSR count). The number of aromatic nitrogens is 2. The van der Waals surface area contributed by atoms with Crippen LogP contribution in [0.15, 0.2) is 53.0 Å². The number of fused-ring (bicyclic) bond motifs is 1. The van der Waals surface area contributed by atoms with Gasteiger partial charge in [0.1, 0.15) is 16.6 Å². The number of anilines is 2. The van der Waals surface area contributed by atoms with Crippen molar-refractivity contribution in [3.05, 3.63) is 69.3 Å². The zero-order valence-electron chi connectivity index (χ0n) is 19.8. The number of carbonyl (C=O) groups is 1. The first kappa shape index (κ1) is 25.7. The molecule has 2 atom stereocenters. The van der Waals surface area contributed by atoms with Gasteiger partial charge in [0.15, 0.2) is 11.7 Å². The third-order valence-electron chi connectivity index (χ3n) is 6.76. The number of hydrogen-bond acceptors (Lipinski definition) is 5. The zero-order chi connectivity index (χ0) is 26.3. The van der Waals surface area contributed by atoms with E-state index < -0.39 is 24.2 Å². The monoisotopic (exact) mass is 597 g/mol. The highest BCUT2D eigenvalue weighted by Gasteiger charge is 2.48. The summed E-state index contributed by atoms with van der Waals surface area (Å²) < 4.78 is 49.3. The van der Waals surface area contributed by atoms with Crippen molar-refractivity contribution >= 4 is 44.9 Å². The fraction of sp³-hybridized carbons (Fsp3) is 0.360. The third kappa shape index (κ3) is 4.98. The molecule has 3 heterocycles. The molecule has 0 radical (unpaired) electrons. The van der Waals surface area contributed by atoms with Crippen LogP contribution >= 0.6 is 27.5 Å². The second-order valence-electron chi connectivity index (χ2n) is 8.95. The van der Waals surface area contributed by atoms with E-state index >= 15 is 0 Å². The van der Waals surface area contributed by atoms with Gasteiger partial charge in [-0.2, -0.15) is 18.3 Å². The average Bonchev–Trinajstić information content (AvgIpc) is 3.23. The van der Waals surface area contributed by atoms with E-state index in [9.17, 15) is 18.0 Å². The lowest BCUT2D eigenvalue weighted by atomic mass is 9.97. The maximum absolute atomic E-state index is 14.1. The minimum Gasteiger partial charge on any atom is -0.495 e. The first-order chi connectivity index (χ1) is 17.7. The van der Waals surface area contributed by atoms with E-state index in [1.165, 1.54) is 0 Å². The number of benzene rings is 2. The molecule has 196 valence electrons. The van der Waals surface area contributed by atoms with Crippen LogP contribution in [0, 0.1) is 0 Å². The molecule has 0 bridgehead atoms. The summed E-state index contributed by atoms with van der Waals surface area (Å²) in [4.78, 5) is 17.0. The lowest BCUT2D eigenvalue weighted by molar-refractivity contribution is -0.173. The second-order valence-corrected chi connectivity index (χ2v) is 10.2. The number of para-hydroxylation sites is 2. The van der Waals surface area contributed by atoms with Crippen LogP contribution in [0.5, 0.6) is 5.75 Å². The van der Waals surface area contributed by atoms with E-state index in [4.69, 9.17) is 16.3 Å². The molecule has 2 aromatic carbocycles. The molecular formula is C25H24BrClF3N5O2. The van der Waals surface area contributed by atoms with Crippen molar-refractivity contribution in [3.63, 3.8) is 0 Å². The molecule has 1 fully saturated rings. The summed E-state index contributed by atoms with van der Waals surface area (Å²) in [6.45, 7) is 1.80. The Balaban J connectivity index is 1.38. The molecule has 3 aromatic rings. The maximum atomic E-state index is 14.1. The maximum Gasteiger partial charge on any atom is 0.410 e. The van der Waals surface area contributed by atoms with Crippen LogP contribution in [0.3, 0.4) is 0 Å². The van der Waals surface area contributed by atoms with Gasteiger partial charge in [0.2, 0.25) is 0 Å². The topological polar surface area (TPSA) is 62.6 Å². The van der Waals surface area contributed by atoms with Crippen molar-refractivity contribution in [1.82, 2.24) is 14.7 Å². The van der Waals surface area contributed by atoms with E-state index in [0.29, 0.717) is 31.7 Å². The van der Waals surface area contributed by atoms with Crippen molar-refractivity contribution in [2.45, 2.75) is 24.7 Å². The molecule has 12 heteroatoms. The Morgan fingerprint density at radius 2 is 1.78 bits per heavy atom. The largest absolute Gasteiger partial charge is 0.495 e. The van der Waals surface area contributed by atoms with E-state index in [2.05, 4.69) is 31.2 Å². The second kappa shape index (κ2) is 10.1. The Morgan fingerprint density at radius 3 is 2.43 bits per heavy atom. The minimum atomic E-state index is -4.57. The molecule has 1 amide bonds. The summed E-state index contributed by atoms with van der Waals surface area (Å²) in [7, 11) is 1.60. The Morgan fingerprint density at radius 1 is 1.11 bits per heavy atom. The van der Waals surface area contributed by atoms with Gasteiger partial charge in [0.05, 0.1) is 18.8 Å². The Hall–Kier alpha value is -2.92. The first-order valence-electron chi connectivity index (χ1n) is 11.7. The van der Waals surface area contributed by atoms with Gasteiger partial charge in [-0.15, -0.1) is 0 Å². The van der Waals surface area contributed by atoms with E-state index in [1.807, 2.05) is 24.3 Å². The number of hydrogen-bond donors (Lipinski definition) is 1. The number of piperazine rings is 1. The molecule has 1 aromatic heterocycles. The molecule has 2 aliphatic heterocycles. The van der Waals surface area contributed by atoms with Gasteiger partial charge in [-0.1, -0.05) is 51.8 Å². The molecule has 0 unspecified atom stereocenters. The standard InChI is InChI=1S/C25H24BrClF3N5O2/c1-37-19-5-3-2-4-18(19)33-10-12-34(13-11-33)24(36)22-21(27)23-31-17(15-6-8-16(26)9-7-15)14-20(25(28,29)30)35(23)32-22/h2-9,17,20,31H,10-14H2,1H3/t17-,20-/m1/s1. The summed E-state index contributed by atoms with van der Waals surface area (Å²) in [6.07, 6.45) is -4.85. The SMILES string of the molecule is COc1ccccc1N1CCN(C(=O)c2nn3c(c2Cl)N[C@@H](c2ccc(Br)cc2)C[C@@H]3C(F)(F)F)CC1. The molecule has 0 spiro atoms. The van der Waals surface area contributed by atoms with E-state index in [0.717, 1.165) is 20.6 Å². The number of ether oxygens (including phenoxy) is 1. The predicted molar refractivity (Wildman–Crippen MR) is 139 cm³/mol. The van der Waals surface area contributed by atoms with Gasteiger partial charge in [-0.3, -0.25) is 4.79 Å². The van der Waals surface area contributed by atoms with Gasteiger partial charge in [0, 0.05) is 37.1 Å². The number of methoxy groups -OCH3 is 1. The number of halogens is 5. The summed E-state index contributed by atoms with van der Waals surface area (Å²) in [6, 6.07) is 12.1. The number of nitrogens with one attached hydrogen (secondary N) is 1. The highest BCUT2D eigenvalue weighted by molar-refractivity contribution is 9.10. The van der Waals surface area contributed by atoms with Crippen LogP contribution in [0.2, 0.25) is 5.02 Å². The summed E-state index contributed by atoms with van der Waals surface area (Å²) in [5.41, 5.74) is 1.42. The summed E-state index contributed by atoms with van der Waals surface area (Å²) in [5.74, 6) is 0.241. The van der Waals surface area contributed by atoms with Gasteiger partial charge in [-0.25, -0.2) is 4.68 Å². The highest BCUT2D eigenvalue weighted by atomic mass is 79.9. The van der Waals surface area contributed by atoms with Crippen LogP contribution in [0.1, 0.15) is 34.6 Å². The lowest BCUT2D eigenvalue weighted by Crippen LogP contribution is -2.49. The first-order valence-corrected chi connectivity index (χ1v) is 12.9. The number of alkyl halides is 3. The fourth-order valence-corrected chi connectivity index (χ4v) is 5.36. The van der Waals surface area contributed by atoms with Crippen LogP contribution in [-0.4, -0.2) is 60.1 Å². The van der Waals surface area contributed by atoms with Crippen LogP contribution in [0.4, 0.5) is 24.7 Å². The Kier molecular flexibility index (Phi) is 7.01. The fourth-order valence-electron chi connectivity index (χ4n) is 4.83. The molecule has 1 N–H and O–H groups in total. The van der Waals surface area contributed by atoms with Crippen molar-refractivity contribution in [2.75, 3.05) is 43.5 Å². The Bertz CT molecular complexity index is 1290. The highest BCUT2D eigenvalue weighted by Crippen LogP contribution is 2.46. The van der Waals surface area contributed by atoms with Crippen LogP contribution in [0.25, 0.3) is 0 Å². The van der Waals surface area contributed by atoms with Crippen LogP contribution in [-0.2, 0) is 0 Å². The van der Waals surface area contributed by atoms with Crippen molar-refractivity contribution < 1.29 is 22.7 Å². The third-order valence-corrected chi connectivity index (χ3v) is 7.65. The van der Waals surface area contributed by atoms with Gasteiger partial charge >= 0.3 is 6.18 Å². The molecule has 0 aliphatic carbocycles. The van der Waals surface area contributed by atoms with Crippen molar-refractivity contribution in [3.8, 4) is 5.75 Å². The number of amides is 1. The summed E-state index contributed by atoms with van der Waals surface area (Å²) in [5, 5.41) is 7.07. The van der Waals surface area contributed by atoms with Crippen LogP contribution < -0.4 is 15.0 Å². The molecule has 2 aliphatic rings. The summed E-state index contributed by atoms with van der Waals surface area (Å²) >= 11 is 9.86. The predicted octanol–water partition coefficient (Wildman–Crippen LogP) is 5.93. The smallest absolute Gasteiger partial charge is 0.410 e. The minimum absolute atomic E-state index is 0.000770. The van der Waals surface area contributed by atoms with Crippen molar-refractivity contribution in [1.29, 1.82) is 0 Å². The van der Waals surface area contributed by atoms with Gasteiger partial charge in [-0.05, 0) is 29.8 Å². The number of rotatable bonds is 4. The van der Waals surface area contributed by atoms with Gasteiger partial charge < -0.3 is 19.9 Å². The molecular weight excluding hydrogens is 575 g/mol. The zero-order valence-corrected chi connectivity index (χ0v) is 22.1. The van der Waals surface area contributed by atoms with Gasteiger partial charge in [0.25, 0.3) is 5.91 Å². The number of carbonyl (C=O) groups excluding carboxylic acids is 1. The average molecular weight is 599 g/mol. The normalized spacial score (nSPS) is 19.8. The lowest BCUT2D eigenvalue weighted by Gasteiger charge is -2.36. The molecule has 0 saturated carbocycles. The molecule has 1 saturated heterocycles. The molecule has 7 nitrogen and oxygen atoms in total. The van der Waals surface area contributed by atoms with E-state index in [1.54, 1.807) is 36.3 Å². The Labute approximate surface area is 225 Å². The molecule has 37 heavy (non-hydrogen) atoms. The van der Waals surface area contributed by atoms with E-state index in [-0.39, 0.29) is 23.0 Å².